The summed E-state index contributed by atoms with van der Waals surface area (Å²) in [7, 11) is 1.82. The number of hydrogen-bond acceptors (Lipinski definition) is 1. The molecule has 0 bridgehead atoms. The Morgan fingerprint density at radius 3 is 2.77 bits per heavy atom. The van der Waals surface area contributed by atoms with Gasteiger partial charge in [0.2, 0.25) is 0 Å². The lowest BCUT2D eigenvalue weighted by Crippen LogP contribution is -2.37. The van der Waals surface area contributed by atoms with E-state index in [4.69, 9.17) is 0 Å². The molecule has 3 heteroatoms. The normalized spacial score (nSPS) is 15.5. The van der Waals surface area contributed by atoms with E-state index < -0.39 is 0 Å². The Labute approximate surface area is 80.5 Å². The minimum absolute atomic E-state index is 0.0540. The van der Waals surface area contributed by atoms with Crippen molar-refractivity contribution in [3.63, 3.8) is 0 Å². The van der Waals surface area contributed by atoms with Crippen LogP contribution in [0.2, 0.25) is 0 Å². The van der Waals surface area contributed by atoms with E-state index in [1.54, 1.807) is 4.90 Å². The highest BCUT2D eigenvalue weighted by Gasteiger charge is 2.20. The summed E-state index contributed by atoms with van der Waals surface area (Å²) in [6.07, 6.45) is 5.23. The van der Waals surface area contributed by atoms with Crippen molar-refractivity contribution in [2.75, 3.05) is 20.1 Å². The van der Waals surface area contributed by atoms with Gasteiger partial charge in [-0.05, 0) is 25.7 Å². The minimum atomic E-state index is 0.0540. The Morgan fingerprint density at radius 2 is 2.23 bits per heavy atom. The lowest BCUT2D eigenvalue weighted by molar-refractivity contribution is 0.211. The van der Waals surface area contributed by atoms with Gasteiger partial charge in [0.15, 0.2) is 0 Å². The predicted molar refractivity (Wildman–Crippen MR) is 53.7 cm³/mol. The molecular weight excluding hydrogens is 164 g/mol. The highest BCUT2D eigenvalue weighted by atomic mass is 16.2. The average molecular weight is 184 g/mol. The first kappa shape index (κ1) is 10.4. The number of amides is 2. The molecule has 1 aliphatic carbocycles. The molecule has 0 aromatic carbocycles. The second-order valence-corrected chi connectivity index (χ2v) is 3.83. The zero-order chi connectivity index (χ0) is 9.68. The van der Waals surface area contributed by atoms with Gasteiger partial charge in [0, 0.05) is 20.1 Å². The van der Waals surface area contributed by atoms with Crippen LogP contribution in [-0.2, 0) is 0 Å². The molecule has 2 amide bonds. The van der Waals surface area contributed by atoms with Crippen molar-refractivity contribution in [2.24, 2.45) is 5.92 Å². The van der Waals surface area contributed by atoms with Crippen molar-refractivity contribution in [1.82, 2.24) is 10.2 Å². The minimum Gasteiger partial charge on any atom is -0.338 e. The fourth-order valence-electron chi connectivity index (χ4n) is 1.27. The second kappa shape index (κ2) is 5.10. The van der Waals surface area contributed by atoms with Gasteiger partial charge in [0.1, 0.15) is 0 Å². The van der Waals surface area contributed by atoms with E-state index in [2.05, 4.69) is 5.32 Å². The van der Waals surface area contributed by atoms with Crippen LogP contribution in [0.15, 0.2) is 0 Å². The van der Waals surface area contributed by atoms with Gasteiger partial charge in [-0.1, -0.05) is 12.8 Å². The molecule has 1 fully saturated rings. The van der Waals surface area contributed by atoms with E-state index in [0.717, 1.165) is 25.4 Å². The van der Waals surface area contributed by atoms with Crippen LogP contribution in [0.3, 0.4) is 0 Å². The predicted octanol–water partition coefficient (Wildman–Crippen LogP) is 1.84. The van der Waals surface area contributed by atoms with Gasteiger partial charge in [-0.25, -0.2) is 4.79 Å². The molecule has 1 N–H and O–H groups in total. The molecule has 1 rings (SSSR count). The summed E-state index contributed by atoms with van der Waals surface area (Å²) in [6.45, 7) is 3.58. The van der Waals surface area contributed by atoms with Crippen LogP contribution < -0.4 is 5.32 Å². The number of nitrogens with one attached hydrogen (secondary N) is 1. The highest BCUT2D eigenvalue weighted by Crippen LogP contribution is 2.33. The van der Waals surface area contributed by atoms with Gasteiger partial charge in [0.05, 0.1) is 0 Å². The molecule has 0 radical (unpaired) electrons. The Morgan fingerprint density at radius 1 is 1.54 bits per heavy atom. The summed E-state index contributed by atoms with van der Waals surface area (Å²) >= 11 is 0. The van der Waals surface area contributed by atoms with Crippen LogP contribution in [0.4, 0.5) is 4.79 Å². The van der Waals surface area contributed by atoms with Gasteiger partial charge in [0.25, 0.3) is 0 Å². The SMILES string of the molecule is CCN(C)C(=O)NCCCC1CC1. The van der Waals surface area contributed by atoms with Crippen molar-refractivity contribution in [3.8, 4) is 0 Å². The maximum Gasteiger partial charge on any atom is 0.317 e. The zero-order valence-electron chi connectivity index (χ0n) is 8.68. The molecule has 0 aliphatic heterocycles. The quantitative estimate of drug-likeness (QED) is 0.650. The Balaban J connectivity index is 1.94. The molecule has 0 saturated heterocycles. The first-order chi connectivity index (χ1) is 6.24. The number of carbonyl (C=O) groups excluding carboxylic acids is 1. The van der Waals surface area contributed by atoms with Gasteiger partial charge in [-0.2, -0.15) is 0 Å². The van der Waals surface area contributed by atoms with Crippen molar-refractivity contribution in [1.29, 1.82) is 0 Å². The molecule has 0 spiro atoms. The third-order valence-corrected chi connectivity index (χ3v) is 2.58. The third kappa shape index (κ3) is 4.15. The number of nitrogens with zero attached hydrogens (tertiary/aromatic N) is 1. The smallest absolute Gasteiger partial charge is 0.317 e. The maximum absolute atomic E-state index is 11.2. The summed E-state index contributed by atoms with van der Waals surface area (Å²) in [6, 6.07) is 0.0540. The van der Waals surface area contributed by atoms with E-state index in [-0.39, 0.29) is 6.03 Å². The average Bonchev–Trinajstić information content (AvgIpc) is 2.94. The molecule has 13 heavy (non-hydrogen) atoms. The number of hydrogen-bond donors (Lipinski definition) is 1. The molecule has 0 aromatic heterocycles. The Hall–Kier alpha value is -0.730. The molecule has 0 unspecified atom stereocenters. The largest absolute Gasteiger partial charge is 0.338 e. The molecular formula is C10H20N2O. The second-order valence-electron chi connectivity index (χ2n) is 3.83. The van der Waals surface area contributed by atoms with Crippen LogP contribution in [0.25, 0.3) is 0 Å². The summed E-state index contributed by atoms with van der Waals surface area (Å²) in [4.78, 5) is 12.9. The van der Waals surface area contributed by atoms with E-state index >= 15 is 0 Å². The van der Waals surface area contributed by atoms with Crippen LogP contribution in [0, 0.1) is 5.92 Å². The topological polar surface area (TPSA) is 32.3 Å². The fourth-order valence-corrected chi connectivity index (χ4v) is 1.27. The van der Waals surface area contributed by atoms with E-state index in [1.807, 2.05) is 14.0 Å². The molecule has 3 nitrogen and oxygen atoms in total. The van der Waals surface area contributed by atoms with Crippen molar-refractivity contribution in [3.05, 3.63) is 0 Å². The van der Waals surface area contributed by atoms with Crippen molar-refractivity contribution >= 4 is 6.03 Å². The zero-order valence-corrected chi connectivity index (χ0v) is 8.68. The molecule has 1 aliphatic rings. The van der Waals surface area contributed by atoms with Crippen molar-refractivity contribution in [2.45, 2.75) is 32.6 Å². The summed E-state index contributed by atoms with van der Waals surface area (Å²) in [5.74, 6) is 0.973. The van der Waals surface area contributed by atoms with Crippen LogP contribution >= 0.6 is 0 Å². The Kier molecular flexibility index (Phi) is 4.06. The maximum atomic E-state index is 11.2. The monoisotopic (exact) mass is 184 g/mol. The lowest BCUT2D eigenvalue weighted by atomic mass is 10.2. The van der Waals surface area contributed by atoms with Crippen LogP contribution in [0.1, 0.15) is 32.6 Å². The lowest BCUT2D eigenvalue weighted by Gasteiger charge is -2.15. The fraction of sp³-hybridized carbons (Fsp3) is 0.900. The highest BCUT2D eigenvalue weighted by molar-refractivity contribution is 5.73. The summed E-state index contributed by atoms with van der Waals surface area (Å²) < 4.78 is 0. The molecule has 0 atom stereocenters. The van der Waals surface area contributed by atoms with E-state index in [9.17, 15) is 4.79 Å². The van der Waals surface area contributed by atoms with E-state index in [1.165, 1.54) is 19.3 Å². The van der Waals surface area contributed by atoms with Gasteiger partial charge >= 0.3 is 6.03 Å². The summed E-state index contributed by atoms with van der Waals surface area (Å²) in [5.41, 5.74) is 0. The van der Waals surface area contributed by atoms with Crippen LogP contribution in [-0.4, -0.2) is 31.1 Å². The standard InChI is InChI=1S/C10H20N2O/c1-3-12(2)10(13)11-8-4-5-9-6-7-9/h9H,3-8H2,1-2H3,(H,11,13). The van der Waals surface area contributed by atoms with Gasteiger partial charge in [-0.3, -0.25) is 0 Å². The third-order valence-electron chi connectivity index (χ3n) is 2.58. The first-order valence-corrected chi connectivity index (χ1v) is 5.23. The summed E-state index contributed by atoms with van der Waals surface area (Å²) in [5, 5.41) is 2.90. The first-order valence-electron chi connectivity index (χ1n) is 5.23. The number of rotatable bonds is 5. The molecule has 76 valence electrons. The Bertz CT molecular complexity index is 166. The van der Waals surface area contributed by atoms with E-state index in [0.29, 0.717) is 0 Å². The van der Waals surface area contributed by atoms with Crippen LogP contribution in [0.5, 0.6) is 0 Å². The molecule has 1 saturated carbocycles. The van der Waals surface area contributed by atoms with Crippen molar-refractivity contribution < 1.29 is 4.79 Å². The van der Waals surface area contributed by atoms with Gasteiger partial charge < -0.3 is 10.2 Å². The molecule has 0 heterocycles. The number of carbonyl (C=O) groups is 1. The van der Waals surface area contributed by atoms with Gasteiger partial charge in [-0.15, -0.1) is 0 Å². The number of urea groups is 1. The molecule has 0 aromatic rings.